The number of benzene rings is 2. The predicted octanol–water partition coefficient (Wildman–Crippen LogP) is 3.58. The molecule has 0 atom stereocenters. The molecule has 0 amide bonds. The molecule has 0 bridgehead atoms. The summed E-state index contributed by atoms with van der Waals surface area (Å²) in [5, 5.41) is 14.1. The molecule has 0 saturated heterocycles. The molecule has 6 heteroatoms. The van der Waals surface area contributed by atoms with Gasteiger partial charge in [0.15, 0.2) is 5.69 Å². The number of halogens is 2. The largest absolute Gasteiger partial charge is 0.476 e. The number of rotatable bonds is 3. The molecule has 1 aromatic heterocycles. The molecule has 21 heavy (non-hydrogen) atoms. The third kappa shape index (κ3) is 2.48. The van der Waals surface area contributed by atoms with Crippen LogP contribution in [0.2, 0.25) is 5.02 Å². The Labute approximate surface area is 124 Å². The zero-order chi connectivity index (χ0) is 15.0. The van der Waals surface area contributed by atoms with Gasteiger partial charge in [0.25, 0.3) is 0 Å². The Balaban J connectivity index is 2.10. The van der Waals surface area contributed by atoms with E-state index >= 15 is 0 Å². The van der Waals surface area contributed by atoms with Crippen LogP contribution in [0.5, 0.6) is 0 Å². The molecule has 0 unspecified atom stereocenters. The quantitative estimate of drug-likeness (QED) is 0.804. The first-order valence-electron chi connectivity index (χ1n) is 6.19. The van der Waals surface area contributed by atoms with E-state index < -0.39 is 11.8 Å². The summed E-state index contributed by atoms with van der Waals surface area (Å²) in [7, 11) is 0. The summed E-state index contributed by atoms with van der Waals surface area (Å²) in [4.78, 5) is 11.2. The van der Waals surface area contributed by atoms with Crippen LogP contribution in [0.4, 0.5) is 4.39 Å². The molecule has 0 spiro atoms. The van der Waals surface area contributed by atoms with Gasteiger partial charge in [-0.25, -0.2) is 9.18 Å². The van der Waals surface area contributed by atoms with E-state index in [0.29, 0.717) is 21.5 Å². The molecule has 106 valence electrons. The van der Waals surface area contributed by atoms with Gasteiger partial charge in [0, 0.05) is 16.0 Å². The molecule has 0 aliphatic heterocycles. The molecule has 0 aliphatic carbocycles. The topological polar surface area (TPSA) is 55.1 Å². The van der Waals surface area contributed by atoms with Crippen LogP contribution < -0.4 is 0 Å². The maximum atomic E-state index is 13.9. The van der Waals surface area contributed by atoms with Crippen molar-refractivity contribution < 1.29 is 14.3 Å². The van der Waals surface area contributed by atoms with Crippen molar-refractivity contribution in [3.8, 4) is 0 Å². The van der Waals surface area contributed by atoms with Gasteiger partial charge >= 0.3 is 5.97 Å². The zero-order valence-electron chi connectivity index (χ0n) is 10.8. The van der Waals surface area contributed by atoms with Crippen molar-refractivity contribution in [2.45, 2.75) is 6.54 Å². The van der Waals surface area contributed by atoms with Crippen molar-refractivity contribution in [3.63, 3.8) is 0 Å². The van der Waals surface area contributed by atoms with Crippen LogP contribution in [0.25, 0.3) is 10.9 Å². The van der Waals surface area contributed by atoms with Gasteiger partial charge in [-0.1, -0.05) is 35.9 Å². The fourth-order valence-electron chi connectivity index (χ4n) is 2.22. The smallest absolute Gasteiger partial charge is 0.357 e. The maximum Gasteiger partial charge on any atom is 0.357 e. The van der Waals surface area contributed by atoms with Crippen molar-refractivity contribution in [1.82, 2.24) is 9.78 Å². The lowest BCUT2D eigenvalue weighted by molar-refractivity contribution is 0.0691. The van der Waals surface area contributed by atoms with Crippen LogP contribution in [0.15, 0.2) is 42.5 Å². The molecule has 0 saturated carbocycles. The minimum Gasteiger partial charge on any atom is -0.476 e. The Kier molecular flexibility index (Phi) is 3.35. The molecular weight excluding hydrogens is 295 g/mol. The van der Waals surface area contributed by atoms with E-state index in [-0.39, 0.29) is 12.2 Å². The lowest BCUT2D eigenvalue weighted by Gasteiger charge is -2.05. The van der Waals surface area contributed by atoms with E-state index in [1.54, 1.807) is 36.4 Å². The molecule has 3 rings (SSSR count). The molecule has 0 radical (unpaired) electrons. The highest BCUT2D eigenvalue weighted by molar-refractivity contribution is 6.30. The molecule has 1 N–H and O–H groups in total. The van der Waals surface area contributed by atoms with Gasteiger partial charge in [0.05, 0.1) is 12.1 Å². The Morgan fingerprint density at radius 3 is 2.76 bits per heavy atom. The Morgan fingerprint density at radius 2 is 2.05 bits per heavy atom. The fraction of sp³-hybridized carbons (Fsp3) is 0.0667. The first-order valence-corrected chi connectivity index (χ1v) is 6.57. The number of fused-ring (bicyclic) bond motifs is 1. The Bertz CT molecular complexity index is 845. The molecule has 2 aromatic carbocycles. The SMILES string of the molecule is O=C(O)c1nn(Cc2ccc(Cl)cc2F)c2ccccc12. The van der Waals surface area contributed by atoms with Gasteiger partial charge in [-0.05, 0) is 18.2 Å². The third-order valence-corrected chi connectivity index (χ3v) is 3.43. The number of carbonyl (C=O) groups is 1. The zero-order valence-corrected chi connectivity index (χ0v) is 11.5. The third-order valence-electron chi connectivity index (χ3n) is 3.20. The summed E-state index contributed by atoms with van der Waals surface area (Å²) in [5.41, 5.74) is 0.994. The second kappa shape index (κ2) is 5.18. The van der Waals surface area contributed by atoms with Crippen molar-refractivity contribution in [3.05, 3.63) is 64.6 Å². The summed E-state index contributed by atoms with van der Waals surface area (Å²) in [6.45, 7) is 0.136. The lowest BCUT2D eigenvalue weighted by Crippen LogP contribution is -2.05. The van der Waals surface area contributed by atoms with Gasteiger partial charge in [0.1, 0.15) is 5.82 Å². The lowest BCUT2D eigenvalue weighted by atomic mass is 10.2. The monoisotopic (exact) mass is 304 g/mol. The van der Waals surface area contributed by atoms with Gasteiger partial charge < -0.3 is 5.11 Å². The number of para-hydroxylation sites is 1. The number of hydrogen-bond donors (Lipinski definition) is 1. The second-order valence-corrected chi connectivity index (χ2v) is 5.00. The minimum atomic E-state index is -1.11. The normalized spacial score (nSPS) is 11.0. The van der Waals surface area contributed by atoms with Gasteiger partial charge in [-0.15, -0.1) is 0 Å². The van der Waals surface area contributed by atoms with Crippen molar-refractivity contribution in [1.29, 1.82) is 0 Å². The van der Waals surface area contributed by atoms with Crippen LogP contribution >= 0.6 is 11.6 Å². The number of aromatic nitrogens is 2. The first-order chi connectivity index (χ1) is 10.1. The Morgan fingerprint density at radius 1 is 1.29 bits per heavy atom. The molecule has 3 aromatic rings. The summed E-state index contributed by atoms with van der Waals surface area (Å²) in [5.74, 6) is -1.56. The number of carboxylic acids is 1. The van der Waals surface area contributed by atoms with Crippen LogP contribution in [-0.2, 0) is 6.54 Å². The standard InChI is InChI=1S/C15H10ClFN2O2/c16-10-6-5-9(12(17)7-10)8-19-13-4-2-1-3-11(13)14(18-19)15(20)21/h1-7H,8H2,(H,20,21). The van der Waals surface area contributed by atoms with E-state index in [1.165, 1.54) is 10.7 Å². The molecule has 0 aliphatic rings. The number of carboxylic acid groups (broad SMARTS) is 1. The summed E-state index contributed by atoms with van der Waals surface area (Å²) in [6, 6.07) is 11.3. The molecule has 4 nitrogen and oxygen atoms in total. The highest BCUT2D eigenvalue weighted by atomic mass is 35.5. The summed E-state index contributed by atoms with van der Waals surface area (Å²) in [6.07, 6.45) is 0. The van der Waals surface area contributed by atoms with E-state index in [4.69, 9.17) is 11.6 Å². The number of nitrogens with zero attached hydrogens (tertiary/aromatic N) is 2. The van der Waals surface area contributed by atoms with Crippen LogP contribution in [0.3, 0.4) is 0 Å². The highest BCUT2D eigenvalue weighted by Crippen LogP contribution is 2.21. The predicted molar refractivity (Wildman–Crippen MR) is 77.2 cm³/mol. The van der Waals surface area contributed by atoms with Crippen molar-refractivity contribution in [2.24, 2.45) is 0 Å². The van der Waals surface area contributed by atoms with Crippen LogP contribution in [-0.4, -0.2) is 20.9 Å². The van der Waals surface area contributed by atoms with E-state index in [1.807, 2.05) is 0 Å². The van der Waals surface area contributed by atoms with Gasteiger partial charge in [-0.2, -0.15) is 5.10 Å². The van der Waals surface area contributed by atoms with Crippen molar-refractivity contribution >= 4 is 28.5 Å². The van der Waals surface area contributed by atoms with Crippen LogP contribution in [0, 0.1) is 5.82 Å². The van der Waals surface area contributed by atoms with E-state index in [0.717, 1.165) is 0 Å². The Hall–Kier alpha value is -2.40. The maximum absolute atomic E-state index is 13.9. The minimum absolute atomic E-state index is 0.0417. The highest BCUT2D eigenvalue weighted by Gasteiger charge is 2.16. The molecule has 1 heterocycles. The fourth-order valence-corrected chi connectivity index (χ4v) is 2.38. The van der Waals surface area contributed by atoms with Crippen LogP contribution in [0.1, 0.15) is 16.1 Å². The van der Waals surface area contributed by atoms with E-state index in [9.17, 15) is 14.3 Å². The summed E-state index contributed by atoms with van der Waals surface area (Å²) < 4.78 is 15.3. The molecule has 0 fully saturated rings. The summed E-state index contributed by atoms with van der Waals surface area (Å²) >= 11 is 5.72. The first kappa shape index (κ1) is 13.6. The van der Waals surface area contributed by atoms with Gasteiger partial charge in [-0.3, -0.25) is 4.68 Å². The van der Waals surface area contributed by atoms with Crippen molar-refractivity contribution in [2.75, 3.05) is 0 Å². The molecular formula is C15H10ClFN2O2. The number of hydrogen-bond acceptors (Lipinski definition) is 2. The van der Waals surface area contributed by atoms with Gasteiger partial charge in [0.2, 0.25) is 0 Å². The second-order valence-electron chi connectivity index (χ2n) is 4.56. The number of aromatic carboxylic acids is 1. The van der Waals surface area contributed by atoms with E-state index in [2.05, 4.69) is 5.10 Å². The average Bonchev–Trinajstić information content (AvgIpc) is 2.81. The average molecular weight is 305 g/mol.